The van der Waals surface area contributed by atoms with Gasteiger partial charge in [-0.15, -0.1) is 0 Å². The summed E-state index contributed by atoms with van der Waals surface area (Å²) in [5.41, 5.74) is 0. The smallest absolute Gasteiger partial charge is 0.161 e. The van der Waals surface area contributed by atoms with Crippen LogP contribution in [0.25, 0.3) is 0 Å². The Labute approximate surface area is 73.0 Å². The van der Waals surface area contributed by atoms with E-state index in [1.165, 1.54) is 0 Å². The summed E-state index contributed by atoms with van der Waals surface area (Å²) in [5.74, 6) is 0.179. The highest BCUT2D eigenvalue weighted by Crippen LogP contribution is 2.17. The average molecular weight is 172 g/mol. The van der Waals surface area contributed by atoms with Crippen molar-refractivity contribution >= 4 is 5.78 Å². The van der Waals surface area contributed by atoms with Crippen LogP contribution in [-0.2, 0) is 14.3 Å². The van der Waals surface area contributed by atoms with E-state index in [2.05, 4.69) is 0 Å². The molecule has 0 N–H and O–H groups in total. The Morgan fingerprint density at radius 2 is 2.25 bits per heavy atom. The van der Waals surface area contributed by atoms with Crippen LogP contribution in [0, 0.1) is 0 Å². The SMILES string of the molecule is CC(C)OC1CCC(=O)C(C)O1. The van der Waals surface area contributed by atoms with Crippen LogP contribution in [0.2, 0.25) is 0 Å². The van der Waals surface area contributed by atoms with Gasteiger partial charge in [-0.3, -0.25) is 4.79 Å². The standard InChI is InChI=1S/C9H16O3/c1-6(2)11-9-5-4-8(10)7(3)12-9/h6-7,9H,4-5H2,1-3H3. The largest absolute Gasteiger partial charge is 0.350 e. The highest BCUT2D eigenvalue weighted by molar-refractivity contribution is 5.83. The summed E-state index contributed by atoms with van der Waals surface area (Å²) < 4.78 is 10.8. The number of carbonyl (C=O) groups excluding carboxylic acids is 1. The molecule has 0 aromatic carbocycles. The molecule has 0 saturated carbocycles. The van der Waals surface area contributed by atoms with Gasteiger partial charge in [0, 0.05) is 12.8 Å². The van der Waals surface area contributed by atoms with Crippen molar-refractivity contribution in [1.82, 2.24) is 0 Å². The monoisotopic (exact) mass is 172 g/mol. The van der Waals surface area contributed by atoms with E-state index < -0.39 is 0 Å². The van der Waals surface area contributed by atoms with Gasteiger partial charge in [-0.05, 0) is 20.8 Å². The Balaban J connectivity index is 2.35. The van der Waals surface area contributed by atoms with Gasteiger partial charge in [0.2, 0.25) is 0 Å². The van der Waals surface area contributed by atoms with Crippen molar-refractivity contribution in [3.05, 3.63) is 0 Å². The van der Waals surface area contributed by atoms with Crippen LogP contribution in [0.5, 0.6) is 0 Å². The number of carbonyl (C=O) groups is 1. The maximum Gasteiger partial charge on any atom is 0.161 e. The van der Waals surface area contributed by atoms with Gasteiger partial charge in [-0.2, -0.15) is 0 Å². The topological polar surface area (TPSA) is 35.5 Å². The van der Waals surface area contributed by atoms with E-state index in [-0.39, 0.29) is 24.3 Å². The number of Topliss-reactive ketones (excluding diaryl/α,β-unsaturated/α-hetero) is 1. The molecule has 0 amide bonds. The van der Waals surface area contributed by atoms with Crippen LogP contribution in [-0.4, -0.2) is 24.3 Å². The van der Waals surface area contributed by atoms with Gasteiger partial charge in [0.05, 0.1) is 6.10 Å². The van der Waals surface area contributed by atoms with E-state index in [0.29, 0.717) is 12.8 Å². The Kier molecular flexibility index (Phi) is 3.23. The van der Waals surface area contributed by atoms with Crippen LogP contribution in [0.3, 0.4) is 0 Å². The molecule has 2 unspecified atom stereocenters. The van der Waals surface area contributed by atoms with Crippen LogP contribution < -0.4 is 0 Å². The molecular formula is C9H16O3. The Hall–Kier alpha value is -0.410. The first kappa shape index (κ1) is 9.68. The second-order valence-electron chi connectivity index (χ2n) is 3.40. The maximum atomic E-state index is 11.0. The molecule has 1 saturated heterocycles. The molecule has 3 nitrogen and oxygen atoms in total. The molecule has 1 fully saturated rings. The zero-order chi connectivity index (χ0) is 9.14. The van der Waals surface area contributed by atoms with Gasteiger partial charge in [0.1, 0.15) is 6.10 Å². The molecule has 2 atom stereocenters. The van der Waals surface area contributed by atoms with E-state index in [4.69, 9.17) is 9.47 Å². The summed E-state index contributed by atoms with van der Waals surface area (Å²) >= 11 is 0. The Morgan fingerprint density at radius 3 is 2.75 bits per heavy atom. The molecule has 0 bridgehead atoms. The third kappa shape index (κ3) is 2.57. The highest BCUT2D eigenvalue weighted by Gasteiger charge is 2.26. The Bertz CT molecular complexity index is 165. The summed E-state index contributed by atoms with van der Waals surface area (Å²) in [5, 5.41) is 0. The van der Waals surface area contributed by atoms with Crippen molar-refractivity contribution in [2.75, 3.05) is 0 Å². The molecule has 0 spiro atoms. The number of ether oxygens (including phenoxy) is 2. The van der Waals surface area contributed by atoms with Crippen LogP contribution in [0.1, 0.15) is 33.6 Å². The molecule has 0 aromatic rings. The highest BCUT2D eigenvalue weighted by atomic mass is 16.7. The van der Waals surface area contributed by atoms with Gasteiger partial charge in [-0.25, -0.2) is 0 Å². The minimum atomic E-state index is -0.289. The number of hydrogen-bond donors (Lipinski definition) is 0. The summed E-state index contributed by atoms with van der Waals surface area (Å²) in [6.07, 6.45) is 0.968. The first-order chi connectivity index (χ1) is 5.59. The fourth-order valence-electron chi connectivity index (χ4n) is 1.24. The summed E-state index contributed by atoms with van der Waals surface area (Å²) in [6.45, 7) is 5.70. The minimum Gasteiger partial charge on any atom is -0.350 e. The second-order valence-corrected chi connectivity index (χ2v) is 3.40. The lowest BCUT2D eigenvalue weighted by atomic mass is 10.1. The Morgan fingerprint density at radius 1 is 1.58 bits per heavy atom. The summed E-state index contributed by atoms with van der Waals surface area (Å²) in [4.78, 5) is 11.0. The van der Waals surface area contributed by atoms with E-state index in [1.54, 1.807) is 6.92 Å². The van der Waals surface area contributed by atoms with Crippen molar-refractivity contribution in [1.29, 1.82) is 0 Å². The zero-order valence-electron chi connectivity index (χ0n) is 7.87. The molecule has 1 aliphatic rings. The minimum absolute atomic E-state index is 0.162. The number of hydrogen-bond acceptors (Lipinski definition) is 3. The predicted octanol–water partition coefficient (Wildman–Crippen LogP) is 1.51. The van der Waals surface area contributed by atoms with Crippen LogP contribution in [0.15, 0.2) is 0 Å². The molecule has 3 heteroatoms. The van der Waals surface area contributed by atoms with E-state index in [0.717, 1.165) is 0 Å². The fraction of sp³-hybridized carbons (Fsp3) is 0.889. The molecule has 1 rings (SSSR count). The lowest BCUT2D eigenvalue weighted by molar-refractivity contribution is -0.204. The van der Waals surface area contributed by atoms with Gasteiger partial charge < -0.3 is 9.47 Å². The first-order valence-corrected chi connectivity index (χ1v) is 4.43. The van der Waals surface area contributed by atoms with E-state index in [1.807, 2.05) is 13.8 Å². The number of rotatable bonds is 2. The normalized spacial score (nSPS) is 31.2. The summed E-state index contributed by atoms with van der Waals surface area (Å²) in [7, 11) is 0. The van der Waals surface area contributed by atoms with Crippen molar-refractivity contribution < 1.29 is 14.3 Å². The predicted molar refractivity (Wildman–Crippen MR) is 44.8 cm³/mol. The average Bonchev–Trinajstić information content (AvgIpc) is 1.96. The molecule has 12 heavy (non-hydrogen) atoms. The van der Waals surface area contributed by atoms with E-state index in [9.17, 15) is 4.79 Å². The van der Waals surface area contributed by atoms with Gasteiger partial charge in [-0.1, -0.05) is 0 Å². The maximum absolute atomic E-state index is 11.0. The molecule has 1 aliphatic heterocycles. The third-order valence-electron chi connectivity index (χ3n) is 1.86. The molecule has 0 aliphatic carbocycles. The summed E-state index contributed by atoms with van der Waals surface area (Å²) in [6, 6.07) is 0. The molecule has 70 valence electrons. The van der Waals surface area contributed by atoms with E-state index >= 15 is 0 Å². The first-order valence-electron chi connectivity index (χ1n) is 4.43. The lowest BCUT2D eigenvalue weighted by Gasteiger charge is -2.28. The lowest BCUT2D eigenvalue weighted by Crippen LogP contribution is -2.35. The molecule has 0 aromatic heterocycles. The van der Waals surface area contributed by atoms with Gasteiger partial charge in [0.25, 0.3) is 0 Å². The van der Waals surface area contributed by atoms with Crippen LogP contribution >= 0.6 is 0 Å². The molecule has 1 heterocycles. The third-order valence-corrected chi connectivity index (χ3v) is 1.86. The van der Waals surface area contributed by atoms with Gasteiger partial charge in [0.15, 0.2) is 12.1 Å². The van der Waals surface area contributed by atoms with Crippen LogP contribution in [0.4, 0.5) is 0 Å². The second kappa shape index (κ2) is 4.01. The zero-order valence-corrected chi connectivity index (χ0v) is 7.87. The fourth-order valence-corrected chi connectivity index (χ4v) is 1.24. The van der Waals surface area contributed by atoms with Crippen molar-refractivity contribution in [3.63, 3.8) is 0 Å². The number of ketones is 1. The van der Waals surface area contributed by atoms with Crippen molar-refractivity contribution in [2.24, 2.45) is 0 Å². The van der Waals surface area contributed by atoms with Crippen molar-refractivity contribution in [3.8, 4) is 0 Å². The molecular weight excluding hydrogens is 156 g/mol. The van der Waals surface area contributed by atoms with Crippen molar-refractivity contribution in [2.45, 2.75) is 52.1 Å². The van der Waals surface area contributed by atoms with Gasteiger partial charge >= 0.3 is 0 Å². The molecule has 0 radical (unpaired) electrons. The quantitative estimate of drug-likeness (QED) is 0.633.